The molecule has 0 aliphatic heterocycles. The maximum atomic E-state index is 12.0. The van der Waals surface area contributed by atoms with Gasteiger partial charge in [0.2, 0.25) is 0 Å². The number of hydrogen-bond acceptors (Lipinski definition) is 4. The normalized spacial score (nSPS) is 14.2. The average molecular weight is 266 g/mol. The van der Waals surface area contributed by atoms with E-state index in [9.17, 15) is 17.4 Å². The molecule has 0 saturated heterocycles. The molecule has 0 aliphatic carbocycles. The Hall–Kier alpha value is -1.02. The van der Waals surface area contributed by atoms with Crippen LogP contribution in [0.5, 0.6) is 0 Å². The van der Waals surface area contributed by atoms with Gasteiger partial charge in [0, 0.05) is 6.20 Å². The fourth-order valence-corrected chi connectivity index (χ4v) is 3.14. The molecule has 3 nitrogen and oxygen atoms in total. The summed E-state index contributed by atoms with van der Waals surface area (Å²) in [5.74, 6) is -1.37. The summed E-state index contributed by atoms with van der Waals surface area (Å²) in [5.41, 5.74) is 0.332. The molecule has 0 amide bonds. The van der Waals surface area contributed by atoms with E-state index in [-0.39, 0.29) is 4.34 Å². The van der Waals surface area contributed by atoms with Crippen LogP contribution in [0.15, 0.2) is 22.7 Å². The number of halogens is 3. The smallest absolute Gasteiger partial charge is 0.252 e. The summed E-state index contributed by atoms with van der Waals surface area (Å²) in [5, 5.41) is 0. The Bertz CT molecular complexity index is 504. The Balaban J connectivity index is 2.30. The molecule has 2 rings (SSSR count). The van der Waals surface area contributed by atoms with Crippen molar-refractivity contribution in [3.8, 4) is 0 Å². The van der Waals surface area contributed by atoms with Crippen molar-refractivity contribution >= 4 is 32.5 Å². The van der Waals surface area contributed by atoms with Crippen LogP contribution in [0, 0.1) is 0 Å². The van der Waals surface area contributed by atoms with Crippen LogP contribution in [0.2, 0.25) is 0 Å². The van der Waals surface area contributed by atoms with Gasteiger partial charge in [-0.1, -0.05) is 0 Å². The zero-order valence-electron chi connectivity index (χ0n) is 7.69. The first-order valence-corrected chi connectivity index (χ1v) is 6.26. The number of aromatic nitrogens is 2. The fourth-order valence-electron chi connectivity index (χ4n) is 1.06. The van der Waals surface area contributed by atoms with Gasteiger partial charge in [-0.2, -0.15) is 13.2 Å². The minimum atomic E-state index is -4.45. The quantitative estimate of drug-likeness (QED) is 0.838. The van der Waals surface area contributed by atoms with Gasteiger partial charge >= 0.3 is 6.18 Å². The molecule has 2 aromatic rings. The van der Waals surface area contributed by atoms with Crippen LogP contribution in [0.25, 0.3) is 10.3 Å². The van der Waals surface area contributed by atoms with Gasteiger partial charge in [0.15, 0.2) is 9.99 Å². The average Bonchev–Trinajstić information content (AvgIpc) is 2.58. The molecule has 0 radical (unpaired) electrons. The van der Waals surface area contributed by atoms with Crippen LogP contribution in [0.1, 0.15) is 0 Å². The summed E-state index contributed by atoms with van der Waals surface area (Å²) < 4.78 is 48.0. The van der Waals surface area contributed by atoms with E-state index in [0.717, 1.165) is 11.3 Å². The first-order valence-electron chi connectivity index (χ1n) is 4.12. The highest BCUT2D eigenvalue weighted by atomic mass is 32.2. The summed E-state index contributed by atoms with van der Waals surface area (Å²) >= 11 is 0.972. The lowest BCUT2D eigenvalue weighted by Crippen LogP contribution is -2.18. The summed E-state index contributed by atoms with van der Waals surface area (Å²) in [4.78, 5) is 7.67. The largest absolute Gasteiger partial charge is 0.400 e. The molecule has 1 atom stereocenters. The topological polar surface area (TPSA) is 42.9 Å². The van der Waals surface area contributed by atoms with Crippen molar-refractivity contribution in [3.05, 3.63) is 18.3 Å². The monoisotopic (exact) mass is 266 g/mol. The Morgan fingerprint density at radius 1 is 1.44 bits per heavy atom. The third-order valence-corrected chi connectivity index (χ3v) is 4.32. The highest BCUT2D eigenvalue weighted by molar-refractivity contribution is 7.87. The highest BCUT2D eigenvalue weighted by Gasteiger charge is 2.32. The second kappa shape index (κ2) is 4.10. The summed E-state index contributed by atoms with van der Waals surface area (Å²) in [6.07, 6.45) is -2.96. The SMILES string of the molecule is O=[S@](CC(F)(F)F)c1nc2ncccc2s1. The third-order valence-electron chi connectivity index (χ3n) is 1.63. The maximum Gasteiger partial charge on any atom is 0.400 e. The number of nitrogens with zero attached hydrogens (tertiary/aromatic N) is 2. The van der Waals surface area contributed by atoms with Crippen LogP contribution in [-0.2, 0) is 10.8 Å². The molecule has 0 saturated carbocycles. The van der Waals surface area contributed by atoms with Crippen LogP contribution < -0.4 is 0 Å². The molecule has 2 aromatic heterocycles. The van der Waals surface area contributed by atoms with E-state index >= 15 is 0 Å². The van der Waals surface area contributed by atoms with Crippen LogP contribution >= 0.6 is 11.3 Å². The lowest BCUT2D eigenvalue weighted by Gasteiger charge is -2.02. The van der Waals surface area contributed by atoms with Gasteiger partial charge in [0.1, 0.15) is 5.75 Å². The molecule has 0 aliphatic rings. The van der Waals surface area contributed by atoms with E-state index in [4.69, 9.17) is 0 Å². The summed E-state index contributed by atoms with van der Waals surface area (Å²) in [6.45, 7) is 0. The van der Waals surface area contributed by atoms with Crippen molar-refractivity contribution in [1.82, 2.24) is 9.97 Å². The van der Waals surface area contributed by atoms with E-state index < -0.39 is 22.7 Å². The predicted molar refractivity (Wildman–Crippen MR) is 54.7 cm³/mol. The second-order valence-corrected chi connectivity index (χ2v) is 5.57. The number of pyridine rings is 1. The van der Waals surface area contributed by atoms with Gasteiger partial charge in [-0.3, -0.25) is 4.21 Å². The summed E-state index contributed by atoms with van der Waals surface area (Å²) in [7, 11) is -2.14. The zero-order valence-corrected chi connectivity index (χ0v) is 9.33. The van der Waals surface area contributed by atoms with Crippen molar-refractivity contribution in [1.29, 1.82) is 0 Å². The molecule has 16 heavy (non-hydrogen) atoms. The first kappa shape index (κ1) is 11.5. The van der Waals surface area contributed by atoms with E-state index in [1.165, 1.54) is 6.20 Å². The molecule has 86 valence electrons. The molecular formula is C8H5F3N2OS2. The van der Waals surface area contributed by atoms with E-state index in [1.54, 1.807) is 12.1 Å². The Labute approximate surface area is 94.8 Å². The van der Waals surface area contributed by atoms with E-state index in [1.807, 2.05) is 0 Å². The highest BCUT2D eigenvalue weighted by Crippen LogP contribution is 2.25. The zero-order chi connectivity index (χ0) is 11.8. The van der Waals surface area contributed by atoms with Gasteiger partial charge in [-0.05, 0) is 12.1 Å². The molecule has 0 spiro atoms. The van der Waals surface area contributed by atoms with Gasteiger partial charge < -0.3 is 0 Å². The molecule has 2 heterocycles. The Kier molecular flexibility index (Phi) is 2.94. The van der Waals surface area contributed by atoms with Crippen LogP contribution in [0.3, 0.4) is 0 Å². The molecule has 0 unspecified atom stereocenters. The standard InChI is InChI=1S/C8H5F3N2OS2/c9-8(10,11)4-16(14)7-13-6-5(15-7)2-1-3-12-6/h1-3H,4H2/t16-/m1/s1. The maximum absolute atomic E-state index is 12.0. The molecular weight excluding hydrogens is 261 g/mol. The summed E-state index contributed by atoms with van der Waals surface area (Å²) in [6, 6.07) is 3.32. The minimum absolute atomic E-state index is 0.0361. The van der Waals surface area contributed by atoms with Gasteiger partial charge in [0.05, 0.1) is 15.5 Å². The third kappa shape index (κ3) is 2.56. The lowest BCUT2D eigenvalue weighted by atomic mass is 10.5. The van der Waals surface area contributed by atoms with E-state index in [0.29, 0.717) is 10.3 Å². The van der Waals surface area contributed by atoms with Gasteiger partial charge in [-0.25, -0.2) is 9.97 Å². The number of rotatable bonds is 2. The molecule has 8 heteroatoms. The Morgan fingerprint density at radius 2 is 2.19 bits per heavy atom. The molecule has 0 bridgehead atoms. The van der Waals surface area contributed by atoms with Gasteiger partial charge in [-0.15, -0.1) is 11.3 Å². The van der Waals surface area contributed by atoms with Gasteiger partial charge in [0.25, 0.3) is 0 Å². The molecule has 0 N–H and O–H groups in total. The first-order chi connectivity index (χ1) is 7.46. The molecule has 0 aromatic carbocycles. The second-order valence-electron chi connectivity index (χ2n) is 2.91. The van der Waals surface area contributed by atoms with E-state index in [2.05, 4.69) is 9.97 Å². The number of alkyl halides is 3. The lowest BCUT2D eigenvalue weighted by molar-refractivity contribution is -0.105. The number of thiazole rings is 1. The number of fused-ring (bicyclic) bond motifs is 1. The Morgan fingerprint density at radius 3 is 2.81 bits per heavy atom. The molecule has 0 fully saturated rings. The predicted octanol–water partition coefficient (Wildman–Crippen LogP) is 2.36. The van der Waals surface area contributed by atoms with Crippen molar-refractivity contribution in [2.45, 2.75) is 10.5 Å². The minimum Gasteiger partial charge on any atom is -0.252 e. The van der Waals surface area contributed by atoms with Crippen molar-refractivity contribution < 1.29 is 17.4 Å². The van der Waals surface area contributed by atoms with Crippen LogP contribution in [0.4, 0.5) is 13.2 Å². The number of hydrogen-bond donors (Lipinski definition) is 0. The van der Waals surface area contributed by atoms with Crippen molar-refractivity contribution in [2.75, 3.05) is 5.75 Å². The van der Waals surface area contributed by atoms with Crippen molar-refractivity contribution in [3.63, 3.8) is 0 Å². The van der Waals surface area contributed by atoms with Crippen LogP contribution in [-0.4, -0.2) is 26.1 Å². The fraction of sp³-hybridized carbons (Fsp3) is 0.250. The van der Waals surface area contributed by atoms with Crippen molar-refractivity contribution in [2.24, 2.45) is 0 Å².